The Morgan fingerprint density at radius 2 is 1.63 bits per heavy atom. The fraction of sp³-hybridized carbons (Fsp3) is 0.0870. The summed E-state index contributed by atoms with van der Waals surface area (Å²) >= 11 is 0. The monoisotopic (exact) mass is 403 g/mol. The van der Waals surface area contributed by atoms with Crippen molar-refractivity contribution in [3.63, 3.8) is 0 Å². The minimum absolute atomic E-state index is 0.00545. The number of nitrogens with one attached hydrogen (secondary N) is 2. The Morgan fingerprint density at radius 3 is 2.37 bits per heavy atom. The predicted molar refractivity (Wildman–Crippen MR) is 110 cm³/mol. The Bertz CT molecular complexity index is 1100. The average Bonchev–Trinajstić information content (AvgIpc) is 2.75. The molecule has 2 N–H and O–H groups in total. The van der Waals surface area contributed by atoms with E-state index in [-0.39, 0.29) is 18.3 Å². The van der Waals surface area contributed by atoms with Crippen molar-refractivity contribution in [2.75, 3.05) is 0 Å². The molecule has 1 aliphatic heterocycles. The number of carbonyl (C=O) groups is 2. The smallest absolute Gasteiger partial charge is 0.257 e. The number of rotatable bonds is 4. The van der Waals surface area contributed by atoms with Crippen LogP contribution in [0.5, 0.6) is 11.5 Å². The molecule has 0 bridgehead atoms. The summed E-state index contributed by atoms with van der Waals surface area (Å²) in [5, 5.41) is 5.08. The third-order valence-corrected chi connectivity index (χ3v) is 4.51. The quantitative estimate of drug-likeness (QED) is 0.692. The lowest BCUT2D eigenvalue weighted by Crippen LogP contribution is -2.47. The largest absolute Gasteiger partial charge is 0.457 e. The molecule has 3 aromatic carbocycles. The lowest BCUT2D eigenvalue weighted by molar-refractivity contribution is -0.120. The number of amides is 2. The SMILES string of the molecule is O=C1C[C@@H](c2ccccc2F)N=C(NC(=O)c2ccc(Oc3ccccc3)cc2)N1. The third kappa shape index (κ3) is 4.52. The van der Waals surface area contributed by atoms with Crippen molar-refractivity contribution in [1.82, 2.24) is 10.6 Å². The molecule has 6 nitrogen and oxygen atoms in total. The number of benzene rings is 3. The number of nitrogens with zero attached hydrogens (tertiary/aromatic N) is 1. The maximum absolute atomic E-state index is 14.0. The van der Waals surface area contributed by atoms with Crippen molar-refractivity contribution in [2.45, 2.75) is 12.5 Å². The Labute approximate surface area is 172 Å². The minimum Gasteiger partial charge on any atom is -0.457 e. The summed E-state index contributed by atoms with van der Waals surface area (Å²) in [6.07, 6.45) is 0.00578. The molecule has 0 fully saturated rings. The Kier molecular flexibility index (Phi) is 5.52. The molecule has 2 amide bonds. The Hall–Kier alpha value is -4.00. The van der Waals surface area contributed by atoms with Crippen LogP contribution in [0.4, 0.5) is 4.39 Å². The van der Waals surface area contributed by atoms with Gasteiger partial charge in [-0.1, -0.05) is 36.4 Å². The van der Waals surface area contributed by atoms with Gasteiger partial charge in [0.2, 0.25) is 11.9 Å². The zero-order valence-corrected chi connectivity index (χ0v) is 15.8. The summed E-state index contributed by atoms with van der Waals surface area (Å²) in [6.45, 7) is 0. The van der Waals surface area contributed by atoms with Crippen LogP contribution in [0.25, 0.3) is 0 Å². The van der Waals surface area contributed by atoms with Crippen LogP contribution < -0.4 is 15.4 Å². The van der Waals surface area contributed by atoms with Crippen molar-refractivity contribution < 1.29 is 18.7 Å². The molecule has 1 aliphatic rings. The van der Waals surface area contributed by atoms with Crippen LogP contribution in [0.15, 0.2) is 83.9 Å². The van der Waals surface area contributed by atoms with Crippen molar-refractivity contribution in [3.8, 4) is 11.5 Å². The molecule has 3 aromatic rings. The molecule has 0 spiro atoms. The molecule has 150 valence electrons. The highest BCUT2D eigenvalue weighted by atomic mass is 19.1. The second-order valence-corrected chi connectivity index (χ2v) is 6.66. The van der Waals surface area contributed by atoms with Gasteiger partial charge in [-0.3, -0.25) is 20.2 Å². The molecule has 0 unspecified atom stereocenters. The first-order valence-electron chi connectivity index (χ1n) is 9.35. The van der Waals surface area contributed by atoms with E-state index >= 15 is 0 Å². The molecule has 0 aliphatic carbocycles. The van der Waals surface area contributed by atoms with Gasteiger partial charge < -0.3 is 4.74 Å². The van der Waals surface area contributed by atoms with E-state index in [1.807, 2.05) is 30.3 Å². The lowest BCUT2D eigenvalue weighted by Gasteiger charge is -2.21. The fourth-order valence-electron chi connectivity index (χ4n) is 3.06. The summed E-state index contributed by atoms with van der Waals surface area (Å²) in [7, 11) is 0. The number of carbonyl (C=O) groups excluding carboxylic acids is 2. The van der Waals surface area contributed by atoms with Gasteiger partial charge in [0.05, 0.1) is 12.5 Å². The number of halogens is 1. The first-order chi connectivity index (χ1) is 14.6. The van der Waals surface area contributed by atoms with Crippen LogP contribution in [-0.2, 0) is 4.79 Å². The first-order valence-corrected chi connectivity index (χ1v) is 9.35. The summed E-state index contributed by atoms with van der Waals surface area (Å²) in [5.74, 6) is 0.0261. The zero-order valence-electron chi connectivity index (χ0n) is 15.8. The molecule has 0 aromatic heterocycles. The van der Waals surface area contributed by atoms with E-state index in [1.54, 1.807) is 42.5 Å². The van der Waals surface area contributed by atoms with Gasteiger partial charge in [-0.25, -0.2) is 9.38 Å². The maximum Gasteiger partial charge on any atom is 0.257 e. The molecular formula is C23H18FN3O3. The van der Waals surface area contributed by atoms with Crippen molar-refractivity contribution in [2.24, 2.45) is 4.99 Å². The lowest BCUT2D eigenvalue weighted by atomic mass is 10.0. The number of ether oxygens (including phenoxy) is 1. The predicted octanol–water partition coefficient (Wildman–Crippen LogP) is 3.97. The van der Waals surface area contributed by atoms with Gasteiger partial charge in [0.25, 0.3) is 5.91 Å². The number of para-hydroxylation sites is 1. The number of guanidine groups is 1. The summed E-state index contributed by atoms with van der Waals surface area (Å²) in [6, 6.07) is 21.3. The molecule has 30 heavy (non-hydrogen) atoms. The minimum atomic E-state index is -0.697. The number of hydrogen-bond donors (Lipinski definition) is 2. The maximum atomic E-state index is 14.0. The van der Waals surface area contributed by atoms with Gasteiger partial charge in [0, 0.05) is 11.1 Å². The normalized spacial score (nSPS) is 15.7. The van der Waals surface area contributed by atoms with E-state index < -0.39 is 17.8 Å². The van der Waals surface area contributed by atoms with E-state index in [0.29, 0.717) is 22.6 Å². The molecule has 7 heteroatoms. The van der Waals surface area contributed by atoms with Gasteiger partial charge in [0.15, 0.2) is 0 Å². The van der Waals surface area contributed by atoms with Gasteiger partial charge in [-0.15, -0.1) is 0 Å². The summed E-state index contributed by atoms with van der Waals surface area (Å²) in [4.78, 5) is 28.9. The van der Waals surface area contributed by atoms with Crippen LogP contribution in [-0.4, -0.2) is 17.8 Å². The Balaban J connectivity index is 1.46. The number of aliphatic imine (C=N–C) groups is 1. The molecule has 1 atom stereocenters. The van der Waals surface area contributed by atoms with Gasteiger partial charge in [0.1, 0.15) is 17.3 Å². The van der Waals surface area contributed by atoms with Crippen LogP contribution in [0.3, 0.4) is 0 Å². The zero-order chi connectivity index (χ0) is 20.9. The topological polar surface area (TPSA) is 79.8 Å². The molecule has 0 radical (unpaired) electrons. The van der Waals surface area contributed by atoms with Crippen LogP contribution in [0.2, 0.25) is 0 Å². The van der Waals surface area contributed by atoms with Gasteiger partial charge in [-0.2, -0.15) is 0 Å². The van der Waals surface area contributed by atoms with Crippen LogP contribution in [0, 0.1) is 5.82 Å². The number of hydrogen-bond acceptors (Lipinski definition) is 4. The van der Waals surface area contributed by atoms with Crippen molar-refractivity contribution in [3.05, 3.63) is 95.8 Å². The van der Waals surface area contributed by atoms with Gasteiger partial charge in [-0.05, 0) is 42.5 Å². The first kappa shape index (κ1) is 19.3. The van der Waals surface area contributed by atoms with E-state index in [1.165, 1.54) is 6.07 Å². The Morgan fingerprint density at radius 1 is 0.967 bits per heavy atom. The van der Waals surface area contributed by atoms with Gasteiger partial charge >= 0.3 is 0 Å². The molecule has 4 rings (SSSR count). The second kappa shape index (κ2) is 8.57. The standard InChI is InChI=1S/C23H18FN3O3/c24-19-9-5-4-8-18(19)20-14-21(28)26-23(25-20)27-22(29)15-10-12-17(13-11-15)30-16-6-2-1-3-7-16/h1-13,20H,14H2,(H2,25,26,27,28,29)/t20-/m0/s1. The van der Waals surface area contributed by atoms with E-state index in [0.717, 1.165) is 0 Å². The average molecular weight is 403 g/mol. The molecular weight excluding hydrogens is 385 g/mol. The fourth-order valence-corrected chi connectivity index (χ4v) is 3.06. The second-order valence-electron chi connectivity index (χ2n) is 6.66. The van der Waals surface area contributed by atoms with E-state index in [9.17, 15) is 14.0 Å². The highest BCUT2D eigenvalue weighted by Crippen LogP contribution is 2.26. The molecule has 0 saturated carbocycles. The molecule has 1 heterocycles. The van der Waals surface area contributed by atoms with Crippen molar-refractivity contribution in [1.29, 1.82) is 0 Å². The van der Waals surface area contributed by atoms with E-state index in [4.69, 9.17) is 4.74 Å². The van der Waals surface area contributed by atoms with Crippen LogP contribution in [0.1, 0.15) is 28.4 Å². The molecule has 0 saturated heterocycles. The summed E-state index contributed by atoms with van der Waals surface area (Å²) in [5.41, 5.74) is 0.668. The van der Waals surface area contributed by atoms with Crippen LogP contribution >= 0.6 is 0 Å². The summed E-state index contributed by atoms with van der Waals surface area (Å²) < 4.78 is 19.8. The van der Waals surface area contributed by atoms with E-state index in [2.05, 4.69) is 15.6 Å². The van der Waals surface area contributed by atoms with Crippen molar-refractivity contribution >= 4 is 17.8 Å². The third-order valence-electron chi connectivity index (χ3n) is 4.51. The highest BCUT2D eigenvalue weighted by Gasteiger charge is 2.25. The highest BCUT2D eigenvalue weighted by molar-refractivity contribution is 6.10.